The van der Waals surface area contributed by atoms with Crippen LogP contribution in [0.1, 0.15) is 47.3 Å². The zero-order valence-electron chi connectivity index (χ0n) is 14.7. The van der Waals surface area contributed by atoms with Crippen molar-refractivity contribution >= 4 is 23.6 Å². The molecule has 1 aromatic heterocycles. The van der Waals surface area contributed by atoms with Crippen LogP contribution in [-0.4, -0.2) is 41.0 Å². The highest BCUT2D eigenvalue weighted by Gasteiger charge is 2.30. The average molecular weight is 374 g/mol. The van der Waals surface area contributed by atoms with Gasteiger partial charge in [-0.25, -0.2) is 9.59 Å². The summed E-state index contributed by atoms with van der Waals surface area (Å²) in [4.78, 5) is 26.2. The number of rotatable bonds is 5. The van der Waals surface area contributed by atoms with Crippen LogP contribution in [0, 0.1) is 0 Å². The Balaban J connectivity index is 1.61. The van der Waals surface area contributed by atoms with E-state index in [-0.39, 0.29) is 24.6 Å². The molecule has 2 aromatic rings. The molecule has 0 radical (unpaired) electrons. The maximum Gasteiger partial charge on any atom is 0.410 e. The molecule has 1 atom stereocenters. The number of aromatic nitrogens is 1. The summed E-state index contributed by atoms with van der Waals surface area (Å²) in [6.07, 6.45) is 1.41. The number of piperidine rings is 1. The number of esters is 1. The molecule has 1 aliphatic heterocycles. The molecule has 0 aliphatic carbocycles. The fraction of sp³-hybridized carbons (Fsp3) is 0.421. The molecule has 6 nitrogen and oxygen atoms in total. The molecule has 138 valence electrons. The molecule has 0 spiro atoms. The molecule has 0 saturated carbocycles. The van der Waals surface area contributed by atoms with Gasteiger partial charge in [0.25, 0.3) is 0 Å². The topological polar surface area (TPSA) is 68.7 Å². The largest absolute Gasteiger partial charge is 0.462 e. The van der Waals surface area contributed by atoms with Crippen molar-refractivity contribution in [3.05, 3.63) is 52.5 Å². The van der Waals surface area contributed by atoms with Gasteiger partial charge in [-0.1, -0.05) is 30.3 Å². The Kier molecular flexibility index (Phi) is 6.22. The van der Waals surface area contributed by atoms with Crippen LogP contribution in [0.5, 0.6) is 0 Å². The summed E-state index contributed by atoms with van der Waals surface area (Å²) in [5, 5.41) is 1.72. The van der Waals surface area contributed by atoms with E-state index >= 15 is 0 Å². The molecule has 1 aromatic carbocycles. The Morgan fingerprint density at radius 3 is 2.85 bits per heavy atom. The number of nitrogens with zero attached hydrogens (tertiary/aromatic N) is 2. The number of hydrogen-bond acceptors (Lipinski definition) is 6. The van der Waals surface area contributed by atoms with Crippen molar-refractivity contribution in [3.8, 4) is 0 Å². The fourth-order valence-electron chi connectivity index (χ4n) is 3.08. The first-order valence-electron chi connectivity index (χ1n) is 8.76. The van der Waals surface area contributed by atoms with E-state index in [4.69, 9.17) is 9.47 Å². The van der Waals surface area contributed by atoms with Crippen molar-refractivity contribution in [2.75, 3.05) is 19.7 Å². The van der Waals surface area contributed by atoms with Crippen LogP contribution in [-0.2, 0) is 16.1 Å². The number of carbonyl (C=O) groups excluding carboxylic acids is 2. The van der Waals surface area contributed by atoms with Crippen LogP contribution >= 0.6 is 11.5 Å². The lowest BCUT2D eigenvalue weighted by molar-refractivity contribution is 0.0523. The minimum absolute atomic E-state index is 0.0266. The van der Waals surface area contributed by atoms with E-state index < -0.39 is 0 Å². The molecular weight excluding hydrogens is 352 g/mol. The Morgan fingerprint density at radius 1 is 1.27 bits per heavy atom. The van der Waals surface area contributed by atoms with E-state index in [9.17, 15) is 9.59 Å². The average Bonchev–Trinajstić information content (AvgIpc) is 3.17. The lowest BCUT2D eigenvalue weighted by atomic mass is 9.93. The predicted octanol–water partition coefficient (Wildman–Crippen LogP) is 3.84. The van der Waals surface area contributed by atoms with Crippen molar-refractivity contribution in [2.24, 2.45) is 0 Å². The summed E-state index contributed by atoms with van der Waals surface area (Å²) in [7, 11) is 0. The van der Waals surface area contributed by atoms with Crippen molar-refractivity contribution < 1.29 is 19.1 Å². The minimum Gasteiger partial charge on any atom is -0.462 e. The van der Waals surface area contributed by atoms with Crippen molar-refractivity contribution in [1.29, 1.82) is 0 Å². The van der Waals surface area contributed by atoms with Gasteiger partial charge in [-0.3, -0.25) is 0 Å². The molecule has 26 heavy (non-hydrogen) atoms. The van der Waals surface area contributed by atoms with Crippen LogP contribution < -0.4 is 0 Å². The lowest BCUT2D eigenvalue weighted by Crippen LogP contribution is -2.39. The molecule has 3 rings (SSSR count). The summed E-state index contributed by atoms with van der Waals surface area (Å²) in [6.45, 7) is 3.53. The Labute approximate surface area is 156 Å². The maximum absolute atomic E-state index is 12.4. The molecule has 0 bridgehead atoms. The SMILES string of the molecule is CCOC(=O)c1csnc1C1CCCN(C(=O)OCc2ccccc2)C1. The first-order valence-corrected chi connectivity index (χ1v) is 9.59. The fourth-order valence-corrected chi connectivity index (χ4v) is 3.81. The highest BCUT2D eigenvalue weighted by atomic mass is 32.1. The Morgan fingerprint density at radius 2 is 2.08 bits per heavy atom. The van der Waals surface area contributed by atoms with Crippen molar-refractivity contribution in [3.63, 3.8) is 0 Å². The third kappa shape index (κ3) is 4.40. The molecule has 1 saturated heterocycles. The summed E-state index contributed by atoms with van der Waals surface area (Å²) in [6, 6.07) is 9.61. The van der Waals surface area contributed by atoms with E-state index in [2.05, 4.69) is 4.37 Å². The van der Waals surface area contributed by atoms with Gasteiger partial charge in [0.05, 0.1) is 17.9 Å². The van der Waals surface area contributed by atoms with Gasteiger partial charge in [0.2, 0.25) is 0 Å². The lowest BCUT2D eigenvalue weighted by Gasteiger charge is -2.31. The molecule has 1 amide bonds. The molecule has 1 unspecified atom stereocenters. The Hall–Kier alpha value is -2.41. The molecule has 0 N–H and O–H groups in total. The van der Waals surface area contributed by atoms with E-state index in [1.165, 1.54) is 11.5 Å². The predicted molar refractivity (Wildman–Crippen MR) is 98.2 cm³/mol. The van der Waals surface area contributed by atoms with Gasteiger partial charge in [0.1, 0.15) is 6.61 Å². The zero-order valence-corrected chi connectivity index (χ0v) is 15.5. The van der Waals surface area contributed by atoms with Crippen LogP contribution in [0.2, 0.25) is 0 Å². The highest BCUT2D eigenvalue weighted by molar-refractivity contribution is 7.03. The monoisotopic (exact) mass is 374 g/mol. The third-order valence-corrected chi connectivity index (χ3v) is 5.01. The van der Waals surface area contributed by atoms with Gasteiger partial charge in [0.15, 0.2) is 0 Å². The van der Waals surface area contributed by atoms with Crippen molar-refractivity contribution in [2.45, 2.75) is 32.3 Å². The summed E-state index contributed by atoms with van der Waals surface area (Å²) < 4.78 is 14.9. The van der Waals surface area contributed by atoms with Gasteiger partial charge in [0, 0.05) is 24.4 Å². The smallest absolute Gasteiger partial charge is 0.410 e. The minimum atomic E-state index is -0.347. The van der Waals surface area contributed by atoms with E-state index in [0.29, 0.717) is 25.3 Å². The van der Waals surface area contributed by atoms with Gasteiger partial charge < -0.3 is 14.4 Å². The second-order valence-electron chi connectivity index (χ2n) is 6.16. The second-order valence-corrected chi connectivity index (χ2v) is 6.79. The van der Waals surface area contributed by atoms with E-state index in [1.807, 2.05) is 30.3 Å². The standard InChI is InChI=1S/C19H22N2O4S/c1-2-24-18(22)16-13-26-20-17(16)15-9-6-10-21(11-15)19(23)25-12-14-7-4-3-5-8-14/h3-5,7-8,13,15H,2,6,9-12H2,1H3. The van der Waals surface area contributed by atoms with Crippen LogP contribution in [0.3, 0.4) is 0 Å². The third-order valence-electron chi connectivity index (χ3n) is 4.36. The zero-order chi connectivity index (χ0) is 18.4. The highest BCUT2D eigenvalue weighted by Crippen LogP contribution is 2.30. The van der Waals surface area contributed by atoms with Crippen LogP contribution in [0.15, 0.2) is 35.7 Å². The summed E-state index contributed by atoms with van der Waals surface area (Å²) >= 11 is 1.25. The number of likely N-dealkylation sites (tertiary alicyclic amines) is 1. The number of benzene rings is 1. The maximum atomic E-state index is 12.4. The van der Waals surface area contributed by atoms with Crippen LogP contribution in [0.4, 0.5) is 4.79 Å². The van der Waals surface area contributed by atoms with Gasteiger partial charge in [-0.15, -0.1) is 0 Å². The number of ether oxygens (including phenoxy) is 2. The van der Waals surface area contributed by atoms with Crippen molar-refractivity contribution in [1.82, 2.24) is 9.27 Å². The van der Waals surface area contributed by atoms with E-state index in [1.54, 1.807) is 17.2 Å². The normalized spacial score (nSPS) is 17.0. The van der Waals surface area contributed by atoms with Gasteiger partial charge in [-0.05, 0) is 36.9 Å². The second kappa shape index (κ2) is 8.80. The summed E-state index contributed by atoms with van der Waals surface area (Å²) in [5.41, 5.74) is 2.20. The first-order chi connectivity index (χ1) is 12.7. The molecule has 7 heteroatoms. The summed E-state index contributed by atoms with van der Waals surface area (Å²) in [5.74, 6) is -0.321. The first kappa shape index (κ1) is 18.4. The number of carbonyl (C=O) groups is 2. The van der Waals surface area contributed by atoms with E-state index in [0.717, 1.165) is 24.1 Å². The molecule has 1 aliphatic rings. The van der Waals surface area contributed by atoms with Crippen LogP contribution in [0.25, 0.3) is 0 Å². The molecular formula is C19H22N2O4S. The number of amides is 1. The number of hydrogen-bond donors (Lipinski definition) is 0. The van der Waals surface area contributed by atoms with Gasteiger partial charge >= 0.3 is 12.1 Å². The van der Waals surface area contributed by atoms with Gasteiger partial charge in [-0.2, -0.15) is 4.37 Å². The molecule has 1 fully saturated rings. The quantitative estimate of drug-likeness (QED) is 0.744. The Bertz CT molecular complexity index is 747. The molecule has 2 heterocycles.